The van der Waals surface area contributed by atoms with Gasteiger partial charge in [0.2, 0.25) is 0 Å². The topological polar surface area (TPSA) is 82.7 Å². The Balaban J connectivity index is 1.32. The van der Waals surface area contributed by atoms with Crippen molar-refractivity contribution in [1.82, 2.24) is 19.8 Å². The molecule has 0 bridgehead atoms. The van der Waals surface area contributed by atoms with Crippen LogP contribution in [0.4, 0.5) is 20.6 Å². The minimum atomic E-state index is -0.515. The maximum atomic E-state index is 14.3. The number of amides is 1. The predicted octanol–water partition coefficient (Wildman–Crippen LogP) is 5.16. The Morgan fingerprint density at radius 3 is 2.72 bits per heavy atom. The Labute approximate surface area is 210 Å². The van der Waals surface area contributed by atoms with Gasteiger partial charge >= 0.3 is 6.09 Å². The third-order valence-corrected chi connectivity index (χ3v) is 6.27. The second-order valence-corrected chi connectivity index (χ2v) is 10.4. The number of hydrogen-bond acceptors (Lipinski definition) is 6. The van der Waals surface area contributed by atoms with Gasteiger partial charge in [-0.1, -0.05) is 6.08 Å². The average Bonchev–Trinajstić information content (AvgIpc) is 3.25. The molecule has 9 heteroatoms. The van der Waals surface area contributed by atoms with Gasteiger partial charge in [0, 0.05) is 55.2 Å². The molecule has 1 saturated heterocycles. The number of aromatic amines is 1. The summed E-state index contributed by atoms with van der Waals surface area (Å²) in [6.07, 6.45) is 4.20. The number of ether oxygens (including phenoxy) is 2. The molecule has 2 aromatic heterocycles. The second-order valence-electron chi connectivity index (χ2n) is 10.4. The molecular formula is C27H32FN5O3. The fraction of sp³-hybridized carbons (Fsp3) is 0.407. The van der Waals surface area contributed by atoms with E-state index in [1.165, 1.54) is 6.07 Å². The Morgan fingerprint density at radius 2 is 2.03 bits per heavy atom. The summed E-state index contributed by atoms with van der Waals surface area (Å²) >= 11 is 0. The number of carbonyl (C=O) groups excluding carboxylic acids is 1. The molecule has 0 radical (unpaired) electrons. The number of anilines is 2. The Morgan fingerprint density at radius 1 is 1.22 bits per heavy atom. The zero-order valence-electron chi connectivity index (χ0n) is 21.1. The summed E-state index contributed by atoms with van der Waals surface area (Å²) in [7, 11) is 2.01. The number of likely N-dealkylation sites (N-methyl/N-ethyl adjacent to an activating group) is 1. The maximum Gasteiger partial charge on any atom is 0.410 e. The molecule has 1 fully saturated rings. The number of carbonyl (C=O) groups is 1. The largest absolute Gasteiger partial charge is 0.485 e. The van der Waals surface area contributed by atoms with Crippen LogP contribution in [-0.4, -0.2) is 70.8 Å². The number of nitrogens with one attached hydrogen (secondary N) is 2. The van der Waals surface area contributed by atoms with Crippen molar-refractivity contribution in [3.05, 3.63) is 54.1 Å². The van der Waals surface area contributed by atoms with Crippen molar-refractivity contribution in [3.63, 3.8) is 0 Å². The molecule has 2 aliphatic rings. The highest BCUT2D eigenvalue weighted by Crippen LogP contribution is 2.32. The smallest absolute Gasteiger partial charge is 0.410 e. The summed E-state index contributed by atoms with van der Waals surface area (Å²) in [5.74, 6) is -0.122. The molecule has 5 rings (SSSR count). The summed E-state index contributed by atoms with van der Waals surface area (Å²) < 4.78 is 25.6. The van der Waals surface area contributed by atoms with Crippen LogP contribution in [-0.2, 0) is 4.74 Å². The number of pyridine rings is 1. The summed E-state index contributed by atoms with van der Waals surface area (Å²) in [5.41, 5.74) is 3.92. The first-order chi connectivity index (χ1) is 17.1. The van der Waals surface area contributed by atoms with Gasteiger partial charge in [-0.25, -0.2) is 14.2 Å². The van der Waals surface area contributed by atoms with E-state index in [4.69, 9.17) is 9.47 Å². The molecular weight excluding hydrogens is 461 g/mol. The number of nitrogens with zero attached hydrogens (tertiary/aromatic N) is 3. The number of fused-ring (bicyclic) bond motifs is 1. The fourth-order valence-corrected chi connectivity index (χ4v) is 4.44. The minimum absolute atomic E-state index is 0.00891. The molecule has 190 valence electrons. The Bertz CT molecular complexity index is 1310. The van der Waals surface area contributed by atoms with Gasteiger partial charge in [0.25, 0.3) is 0 Å². The third kappa shape index (κ3) is 5.31. The van der Waals surface area contributed by atoms with Gasteiger partial charge < -0.3 is 24.7 Å². The predicted molar refractivity (Wildman–Crippen MR) is 138 cm³/mol. The van der Waals surface area contributed by atoms with Crippen LogP contribution in [0.1, 0.15) is 32.9 Å². The average molecular weight is 494 g/mol. The molecule has 8 nitrogen and oxygen atoms in total. The van der Waals surface area contributed by atoms with Crippen molar-refractivity contribution in [2.24, 2.45) is 0 Å². The zero-order chi connectivity index (χ0) is 25.4. The third-order valence-electron chi connectivity index (χ3n) is 6.27. The van der Waals surface area contributed by atoms with Gasteiger partial charge in [0.05, 0.1) is 5.69 Å². The first-order valence-electron chi connectivity index (χ1n) is 12.2. The minimum Gasteiger partial charge on any atom is -0.485 e. The summed E-state index contributed by atoms with van der Waals surface area (Å²) in [6.45, 7) is 8.26. The van der Waals surface area contributed by atoms with Crippen molar-refractivity contribution in [1.29, 1.82) is 0 Å². The van der Waals surface area contributed by atoms with Crippen molar-refractivity contribution < 1.29 is 18.7 Å². The van der Waals surface area contributed by atoms with Gasteiger partial charge in [-0.15, -0.1) is 0 Å². The molecule has 0 saturated carbocycles. The number of halogens is 1. The molecule has 36 heavy (non-hydrogen) atoms. The molecule has 0 aliphatic carbocycles. The molecule has 3 aromatic rings. The number of H-pyrrole nitrogens is 1. The lowest BCUT2D eigenvalue weighted by atomic mass is 10.0. The molecule has 2 N–H and O–H groups in total. The molecule has 2 aliphatic heterocycles. The van der Waals surface area contributed by atoms with Crippen molar-refractivity contribution in [2.75, 3.05) is 38.5 Å². The number of aromatic nitrogens is 2. The van der Waals surface area contributed by atoms with Gasteiger partial charge in [-0.2, -0.15) is 0 Å². The van der Waals surface area contributed by atoms with E-state index in [0.29, 0.717) is 19.5 Å². The van der Waals surface area contributed by atoms with Gasteiger partial charge in [-0.3, -0.25) is 4.90 Å². The van der Waals surface area contributed by atoms with E-state index in [1.807, 2.05) is 40.0 Å². The maximum absolute atomic E-state index is 14.3. The van der Waals surface area contributed by atoms with Crippen LogP contribution in [0.25, 0.3) is 16.6 Å². The van der Waals surface area contributed by atoms with Crippen LogP contribution >= 0.6 is 0 Å². The Kier molecular flexibility index (Phi) is 6.34. The normalized spacial score (nSPS) is 17.0. The van der Waals surface area contributed by atoms with Crippen LogP contribution in [0.2, 0.25) is 0 Å². The van der Waals surface area contributed by atoms with Crippen molar-refractivity contribution in [3.8, 4) is 5.75 Å². The quantitative estimate of drug-likeness (QED) is 0.511. The molecule has 4 heterocycles. The summed E-state index contributed by atoms with van der Waals surface area (Å²) in [6, 6.07) is 8.77. The molecule has 1 aromatic carbocycles. The summed E-state index contributed by atoms with van der Waals surface area (Å²) in [4.78, 5) is 24.1. The van der Waals surface area contributed by atoms with Crippen LogP contribution < -0.4 is 10.1 Å². The van der Waals surface area contributed by atoms with Gasteiger partial charge in [0.1, 0.15) is 17.4 Å². The highest BCUT2D eigenvalue weighted by Gasteiger charge is 2.26. The SMILES string of the molecule is CN1CC(Oc2cc(Nc3ccnc4[nH]c(C5=CCN(C(=O)OC(C)(C)C)CC5)cc34)ccc2F)C1. The first kappa shape index (κ1) is 24.1. The van der Waals surface area contributed by atoms with Crippen molar-refractivity contribution >= 4 is 34.1 Å². The van der Waals surface area contributed by atoms with E-state index < -0.39 is 5.60 Å². The molecule has 1 amide bonds. The van der Waals surface area contributed by atoms with E-state index in [9.17, 15) is 9.18 Å². The van der Waals surface area contributed by atoms with Crippen LogP contribution in [0.3, 0.4) is 0 Å². The zero-order valence-corrected chi connectivity index (χ0v) is 21.1. The highest BCUT2D eigenvalue weighted by atomic mass is 19.1. The van der Waals surface area contributed by atoms with Crippen LogP contribution in [0.5, 0.6) is 5.75 Å². The standard InChI is InChI=1S/C27H32FN5O3/c1-27(2,3)36-26(34)33-11-8-17(9-12-33)23-14-20-22(7-10-29-25(20)31-23)30-18-5-6-21(28)24(13-18)35-19-15-32(4)16-19/h5-8,10,13-14,19H,9,11-12,15-16H2,1-4H3,(H2,29,30,31). The lowest BCUT2D eigenvalue weighted by molar-refractivity contribution is 0.0270. The fourth-order valence-electron chi connectivity index (χ4n) is 4.44. The number of hydrogen-bond donors (Lipinski definition) is 2. The van der Waals surface area contributed by atoms with E-state index in [0.717, 1.165) is 46.8 Å². The van der Waals surface area contributed by atoms with E-state index >= 15 is 0 Å². The monoisotopic (exact) mass is 493 g/mol. The lowest BCUT2D eigenvalue weighted by Crippen LogP contribution is -2.51. The number of likely N-dealkylation sites (tertiary alicyclic amines) is 1. The van der Waals surface area contributed by atoms with E-state index in [-0.39, 0.29) is 23.8 Å². The van der Waals surface area contributed by atoms with E-state index in [2.05, 4.69) is 26.3 Å². The highest BCUT2D eigenvalue weighted by molar-refractivity contribution is 5.94. The molecule has 0 atom stereocenters. The van der Waals surface area contributed by atoms with Crippen LogP contribution in [0.15, 0.2) is 42.6 Å². The van der Waals surface area contributed by atoms with Gasteiger partial charge in [0.15, 0.2) is 11.6 Å². The lowest BCUT2D eigenvalue weighted by Gasteiger charge is -2.36. The number of rotatable bonds is 5. The molecule has 0 unspecified atom stereocenters. The molecule has 0 spiro atoms. The van der Waals surface area contributed by atoms with Gasteiger partial charge in [-0.05, 0) is 64.1 Å². The van der Waals surface area contributed by atoms with Crippen LogP contribution in [0, 0.1) is 5.82 Å². The van der Waals surface area contributed by atoms with Crippen molar-refractivity contribution in [2.45, 2.75) is 38.9 Å². The Hall–Kier alpha value is -3.59. The number of benzene rings is 1. The summed E-state index contributed by atoms with van der Waals surface area (Å²) in [5, 5.41) is 4.31. The van der Waals surface area contributed by atoms with E-state index in [1.54, 1.807) is 23.2 Å². The first-order valence-corrected chi connectivity index (χ1v) is 12.2. The second kappa shape index (κ2) is 9.46.